The Morgan fingerprint density at radius 3 is 2.43 bits per heavy atom. The summed E-state index contributed by atoms with van der Waals surface area (Å²) in [7, 11) is 0. The first-order valence-corrected chi connectivity index (χ1v) is 15.1. The van der Waals surface area contributed by atoms with Gasteiger partial charge in [0.05, 0.1) is 12.2 Å². The van der Waals surface area contributed by atoms with Gasteiger partial charge >= 0.3 is 0 Å². The SMILES string of the molecule is CCC(=O)CCCCC[C@@H]1NC(=O)[C@@H](C)n2cc(nn2)[C@H](CC(C)C)NC(=O)[C@H](Cc2c[nH]c3ccccc23)NC1=O. The highest BCUT2D eigenvalue weighted by atomic mass is 16.2. The van der Waals surface area contributed by atoms with Crippen LogP contribution in [0.1, 0.15) is 96.0 Å². The third-order valence-electron chi connectivity index (χ3n) is 7.89. The van der Waals surface area contributed by atoms with E-state index >= 15 is 0 Å². The van der Waals surface area contributed by atoms with Crippen molar-refractivity contribution in [1.82, 2.24) is 35.9 Å². The van der Waals surface area contributed by atoms with E-state index in [1.54, 1.807) is 13.1 Å². The lowest BCUT2D eigenvalue weighted by Crippen LogP contribution is -2.55. The maximum Gasteiger partial charge on any atom is 0.245 e. The molecular weight excluding hydrogens is 534 g/mol. The van der Waals surface area contributed by atoms with Gasteiger partial charge in [0.15, 0.2) is 0 Å². The average molecular weight is 578 g/mol. The van der Waals surface area contributed by atoms with E-state index in [1.807, 2.05) is 37.4 Å². The minimum Gasteiger partial charge on any atom is -0.361 e. The number of amides is 3. The third-order valence-corrected chi connectivity index (χ3v) is 7.89. The lowest BCUT2D eigenvalue weighted by molar-refractivity contribution is -0.133. The number of fused-ring (bicyclic) bond motifs is 3. The molecule has 226 valence electrons. The second-order valence-corrected chi connectivity index (χ2v) is 11.7. The summed E-state index contributed by atoms with van der Waals surface area (Å²) in [4.78, 5) is 55.8. The number of benzene rings is 1. The molecule has 11 heteroatoms. The van der Waals surface area contributed by atoms with E-state index in [2.05, 4.69) is 45.1 Å². The number of carbonyl (C=O) groups is 4. The van der Waals surface area contributed by atoms with Crippen molar-refractivity contribution >= 4 is 34.4 Å². The Hall–Kier alpha value is -4.02. The number of unbranched alkanes of at least 4 members (excludes halogenated alkanes) is 2. The Labute approximate surface area is 246 Å². The summed E-state index contributed by atoms with van der Waals surface area (Å²) in [6, 6.07) is 4.93. The molecular formula is C31H43N7O4. The molecule has 0 fully saturated rings. The number of carbonyl (C=O) groups excluding carboxylic acids is 4. The molecule has 3 amide bonds. The van der Waals surface area contributed by atoms with Crippen LogP contribution >= 0.6 is 0 Å². The maximum atomic E-state index is 13.8. The molecule has 2 aromatic heterocycles. The van der Waals surface area contributed by atoms with Crippen molar-refractivity contribution in [2.75, 3.05) is 0 Å². The zero-order valence-corrected chi connectivity index (χ0v) is 25.0. The Bertz CT molecular complexity index is 1390. The van der Waals surface area contributed by atoms with Gasteiger partial charge in [0, 0.05) is 36.4 Å². The Morgan fingerprint density at radius 1 is 0.952 bits per heavy atom. The van der Waals surface area contributed by atoms with Gasteiger partial charge in [0.25, 0.3) is 0 Å². The molecule has 1 aliphatic heterocycles. The van der Waals surface area contributed by atoms with Crippen molar-refractivity contribution < 1.29 is 19.2 Å². The molecule has 0 spiro atoms. The van der Waals surface area contributed by atoms with Crippen LogP contribution in [0, 0.1) is 5.92 Å². The minimum atomic E-state index is -0.888. The van der Waals surface area contributed by atoms with Crippen LogP contribution in [-0.2, 0) is 25.6 Å². The molecule has 0 aliphatic carbocycles. The Kier molecular flexibility index (Phi) is 10.5. The van der Waals surface area contributed by atoms with Crippen molar-refractivity contribution in [2.45, 2.75) is 103 Å². The fraction of sp³-hybridized carbons (Fsp3) is 0.548. The summed E-state index contributed by atoms with van der Waals surface area (Å²) in [6.45, 7) is 7.67. The number of ketones is 1. The van der Waals surface area contributed by atoms with Crippen LogP contribution < -0.4 is 16.0 Å². The van der Waals surface area contributed by atoms with Crippen LogP contribution in [-0.4, -0.2) is 55.6 Å². The highest BCUT2D eigenvalue weighted by Crippen LogP contribution is 2.23. The van der Waals surface area contributed by atoms with Crippen LogP contribution in [0.25, 0.3) is 10.9 Å². The average Bonchev–Trinajstić information content (AvgIpc) is 3.62. The summed E-state index contributed by atoms with van der Waals surface area (Å²) >= 11 is 0. The molecule has 1 aromatic carbocycles. The molecule has 1 aliphatic rings. The molecule has 4 rings (SSSR count). The van der Waals surface area contributed by atoms with Crippen LogP contribution in [0.4, 0.5) is 0 Å². The highest BCUT2D eigenvalue weighted by Gasteiger charge is 2.32. The van der Waals surface area contributed by atoms with E-state index in [1.165, 1.54) is 4.68 Å². The Balaban J connectivity index is 1.62. The maximum absolute atomic E-state index is 13.8. The largest absolute Gasteiger partial charge is 0.361 e. The number of hydrogen-bond donors (Lipinski definition) is 4. The van der Waals surface area contributed by atoms with Gasteiger partial charge in [-0.05, 0) is 43.7 Å². The van der Waals surface area contributed by atoms with Gasteiger partial charge in [-0.1, -0.05) is 57.0 Å². The number of aromatic amines is 1. The fourth-order valence-corrected chi connectivity index (χ4v) is 5.34. The van der Waals surface area contributed by atoms with E-state index in [0.717, 1.165) is 29.3 Å². The van der Waals surface area contributed by atoms with Crippen molar-refractivity contribution in [3.8, 4) is 0 Å². The van der Waals surface area contributed by atoms with E-state index in [4.69, 9.17) is 0 Å². The number of para-hydroxylation sites is 1. The highest BCUT2D eigenvalue weighted by molar-refractivity contribution is 5.93. The second-order valence-electron chi connectivity index (χ2n) is 11.7. The zero-order valence-electron chi connectivity index (χ0n) is 25.0. The molecule has 11 nitrogen and oxygen atoms in total. The van der Waals surface area contributed by atoms with Gasteiger partial charge in [-0.15, -0.1) is 5.10 Å². The summed E-state index contributed by atoms with van der Waals surface area (Å²) in [5.74, 6) is -0.649. The van der Waals surface area contributed by atoms with Crippen LogP contribution in [0.15, 0.2) is 36.7 Å². The molecule has 2 bridgehead atoms. The summed E-state index contributed by atoms with van der Waals surface area (Å²) < 4.78 is 1.47. The zero-order chi connectivity index (χ0) is 30.2. The number of nitrogens with one attached hydrogen (secondary N) is 4. The summed E-state index contributed by atoms with van der Waals surface area (Å²) in [5, 5.41) is 18.4. The predicted molar refractivity (Wildman–Crippen MR) is 159 cm³/mol. The smallest absolute Gasteiger partial charge is 0.245 e. The molecule has 3 heterocycles. The molecule has 42 heavy (non-hydrogen) atoms. The van der Waals surface area contributed by atoms with Gasteiger partial charge < -0.3 is 20.9 Å². The second kappa shape index (κ2) is 14.2. The van der Waals surface area contributed by atoms with E-state index in [-0.39, 0.29) is 29.9 Å². The molecule has 0 radical (unpaired) electrons. The van der Waals surface area contributed by atoms with Crippen molar-refractivity contribution in [3.05, 3.63) is 47.9 Å². The van der Waals surface area contributed by atoms with Gasteiger partial charge in [0.1, 0.15) is 29.6 Å². The molecule has 4 atom stereocenters. The van der Waals surface area contributed by atoms with Crippen molar-refractivity contribution in [1.29, 1.82) is 0 Å². The molecule has 4 N–H and O–H groups in total. The number of nitrogens with zero attached hydrogens (tertiary/aromatic N) is 3. The quantitative estimate of drug-likeness (QED) is 0.255. The molecule has 0 saturated carbocycles. The molecule has 0 unspecified atom stereocenters. The van der Waals surface area contributed by atoms with Crippen molar-refractivity contribution in [3.63, 3.8) is 0 Å². The lowest BCUT2D eigenvalue weighted by atomic mass is 9.99. The van der Waals surface area contributed by atoms with Gasteiger partial charge in [-0.2, -0.15) is 0 Å². The Morgan fingerprint density at radius 2 is 1.67 bits per heavy atom. The van der Waals surface area contributed by atoms with Gasteiger partial charge in [0.2, 0.25) is 17.7 Å². The predicted octanol–water partition coefficient (Wildman–Crippen LogP) is 3.68. The monoisotopic (exact) mass is 577 g/mol. The van der Waals surface area contributed by atoms with Crippen LogP contribution in [0.3, 0.4) is 0 Å². The first-order chi connectivity index (χ1) is 20.2. The van der Waals surface area contributed by atoms with Gasteiger partial charge in [-0.3, -0.25) is 19.2 Å². The van der Waals surface area contributed by atoms with Crippen LogP contribution in [0.5, 0.6) is 0 Å². The number of hydrogen-bond acceptors (Lipinski definition) is 6. The molecule has 3 aromatic rings. The summed E-state index contributed by atoms with van der Waals surface area (Å²) in [6.07, 6.45) is 7.97. The number of rotatable bonds is 11. The summed E-state index contributed by atoms with van der Waals surface area (Å²) in [5.41, 5.74) is 2.40. The number of H-pyrrole nitrogens is 1. The van der Waals surface area contributed by atoms with Crippen LogP contribution in [0.2, 0.25) is 0 Å². The minimum absolute atomic E-state index is 0.214. The van der Waals surface area contributed by atoms with E-state index in [9.17, 15) is 19.2 Å². The lowest BCUT2D eigenvalue weighted by Gasteiger charge is -2.26. The van der Waals surface area contributed by atoms with Gasteiger partial charge in [-0.25, -0.2) is 4.68 Å². The first-order valence-electron chi connectivity index (χ1n) is 15.1. The van der Waals surface area contributed by atoms with E-state index in [0.29, 0.717) is 37.8 Å². The number of aromatic nitrogens is 4. The number of Topliss-reactive ketones (excluding diaryl/α,β-unsaturated/α-hetero) is 1. The standard InChI is InChI=1S/C31H43N7O4/c1-5-22(39)11-7-6-8-14-25-30(41)35-27(16-21-17-32-24-13-10-9-12-23(21)24)31(42)34-26(15-19(2)3)28-18-38(37-36-28)20(4)29(40)33-25/h9-10,12-13,17-20,25-27,32H,5-8,11,14-16H2,1-4H3,(H,33,40)(H,34,42)(H,35,41)/t20-,25+,26+,27+/m1/s1. The normalized spacial score (nSPS) is 21.7. The molecule has 0 saturated heterocycles. The fourth-order valence-electron chi connectivity index (χ4n) is 5.34. The topological polar surface area (TPSA) is 151 Å². The van der Waals surface area contributed by atoms with Crippen molar-refractivity contribution in [2.24, 2.45) is 5.92 Å². The first kappa shape index (κ1) is 30.9. The third kappa shape index (κ3) is 7.83. The van der Waals surface area contributed by atoms with E-state index < -0.39 is 30.1 Å².